The first-order valence-electron chi connectivity index (χ1n) is 10.1. The van der Waals surface area contributed by atoms with Crippen molar-refractivity contribution in [2.45, 2.75) is 4.90 Å². The van der Waals surface area contributed by atoms with Gasteiger partial charge in [-0.1, -0.05) is 36.4 Å². The van der Waals surface area contributed by atoms with Gasteiger partial charge in [-0.2, -0.15) is 0 Å². The molecule has 4 aromatic rings. The lowest BCUT2D eigenvalue weighted by molar-refractivity contribution is 0.0962. The maximum absolute atomic E-state index is 12.7. The Hall–Kier alpha value is -4.02. The third-order valence-electron chi connectivity index (χ3n) is 4.83. The summed E-state index contributed by atoms with van der Waals surface area (Å²) < 4.78 is 27.9. The summed E-state index contributed by atoms with van der Waals surface area (Å²) in [4.78, 5) is 28.8. The molecule has 172 valence electrons. The van der Waals surface area contributed by atoms with E-state index in [1.807, 2.05) is 35.7 Å². The standard InChI is InChI=1S/C24H20N4O4S2/c1-25-22(29)18-8-5-9-19(14-18)28-34(31,32)20-12-10-17(11-13-20)23(30)27-24-26-21(15-33-24)16-6-3-2-4-7-16/h2-15,28H,1H3,(H,25,29)(H,26,27,30). The second-order valence-corrected chi connectivity index (χ2v) is 9.69. The molecule has 0 aliphatic heterocycles. The Kier molecular flexibility index (Phi) is 6.71. The van der Waals surface area contributed by atoms with Gasteiger partial charge in [0.1, 0.15) is 0 Å². The van der Waals surface area contributed by atoms with E-state index in [9.17, 15) is 18.0 Å². The summed E-state index contributed by atoms with van der Waals surface area (Å²) in [6.07, 6.45) is 0. The van der Waals surface area contributed by atoms with Crippen molar-refractivity contribution in [3.8, 4) is 11.3 Å². The topological polar surface area (TPSA) is 117 Å². The van der Waals surface area contributed by atoms with Gasteiger partial charge in [-0.05, 0) is 42.5 Å². The Labute approximate surface area is 200 Å². The van der Waals surface area contributed by atoms with Crippen LogP contribution in [0.15, 0.2) is 89.1 Å². The predicted octanol–water partition coefficient (Wildman–Crippen LogP) is 4.22. The Morgan fingerprint density at radius 3 is 2.29 bits per heavy atom. The molecule has 1 heterocycles. The van der Waals surface area contributed by atoms with Crippen molar-refractivity contribution in [3.05, 3.63) is 95.4 Å². The van der Waals surface area contributed by atoms with Crippen LogP contribution >= 0.6 is 11.3 Å². The maximum Gasteiger partial charge on any atom is 0.261 e. The van der Waals surface area contributed by atoms with Gasteiger partial charge in [-0.15, -0.1) is 11.3 Å². The van der Waals surface area contributed by atoms with Gasteiger partial charge in [0, 0.05) is 34.8 Å². The molecule has 0 saturated carbocycles. The van der Waals surface area contributed by atoms with Crippen LogP contribution in [-0.2, 0) is 10.0 Å². The van der Waals surface area contributed by atoms with E-state index in [0.717, 1.165) is 11.3 Å². The molecular formula is C24H20N4O4S2. The molecule has 0 radical (unpaired) electrons. The van der Waals surface area contributed by atoms with E-state index in [2.05, 4.69) is 20.3 Å². The number of nitrogens with zero attached hydrogens (tertiary/aromatic N) is 1. The van der Waals surface area contributed by atoms with Crippen molar-refractivity contribution in [3.63, 3.8) is 0 Å². The summed E-state index contributed by atoms with van der Waals surface area (Å²) in [7, 11) is -2.42. The number of rotatable bonds is 7. The van der Waals surface area contributed by atoms with Crippen molar-refractivity contribution in [1.82, 2.24) is 10.3 Å². The van der Waals surface area contributed by atoms with Crippen LogP contribution in [0.1, 0.15) is 20.7 Å². The Balaban J connectivity index is 1.45. The first kappa shape index (κ1) is 23.1. The minimum Gasteiger partial charge on any atom is -0.355 e. The zero-order valence-corrected chi connectivity index (χ0v) is 19.6. The van der Waals surface area contributed by atoms with Gasteiger partial charge in [-0.3, -0.25) is 19.6 Å². The highest BCUT2D eigenvalue weighted by molar-refractivity contribution is 7.92. The average molecular weight is 493 g/mol. The Morgan fingerprint density at radius 2 is 1.59 bits per heavy atom. The number of amides is 2. The van der Waals surface area contributed by atoms with Crippen LogP contribution in [-0.4, -0.2) is 32.3 Å². The van der Waals surface area contributed by atoms with Crippen molar-refractivity contribution < 1.29 is 18.0 Å². The van der Waals surface area contributed by atoms with Gasteiger partial charge in [-0.25, -0.2) is 13.4 Å². The highest BCUT2D eigenvalue weighted by Gasteiger charge is 2.17. The van der Waals surface area contributed by atoms with Crippen LogP contribution in [0.5, 0.6) is 0 Å². The van der Waals surface area contributed by atoms with Crippen LogP contribution in [0.3, 0.4) is 0 Å². The number of carbonyl (C=O) groups is 2. The number of hydrogen-bond donors (Lipinski definition) is 3. The minimum absolute atomic E-state index is 0.0185. The number of thiazole rings is 1. The molecule has 0 unspecified atom stereocenters. The molecule has 0 aliphatic carbocycles. The van der Waals surface area contributed by atoms with Gasteiger partial charge < -0.3 is 5.32 Å². The molecule has 0 spiro atoms. The summed E-state index contributed by atoms with van der Waals surface area (Å²) in [6.45, 7) is 0. The number of benzene rings is 3. The largest absolute Gasteiger partial charge is 0.355 e. The number of aromatic nitrogens is 1. The molecule has 0 bridgehead atoms. The molecule has 34 heavy (non-hydrogen) atoms. The zero-order valence-electron chi connectivity index (χ0n) is 18.0. The molecule has 1 aromatic heterocycles. The van der Waals surface area contributed by atoms with Crippen LogP contribution < -0.4 is 15.4 Å². The second-order valence-electron chi connectivity index (χ2n) is 7.15. The monoisotopic (exact) mass is 492 g/mol. The second kappa shape index (κ2) is 9.86. The van der Waals surface area contributed by atoms with Crippen LogP contribution in [0.25, 0.3) is 11.3 Å². The average Bonchev–Trinajstić information content (AvgIpc) is 3.32. The summed E-state index contributed by atoms with van der Waals surface area (Å²) in [6, 6.07) is 21.3. The Morgan fingerprint density at radius 1 is 0.853 bits per heavy atom. The third kappa shape index (κ3) is 5.30. The summed E-state index contributed by atoms with van der Waals surface area (Å²) in [5, 5.41) is 7.52. The maximum atomic E-state index is 12.7. The van der Waals surface area contributed by atoms with Gasteiger partial charge in [0.25, 0.3) is 21.8 Å². The van der Waals surface area contributed by atoms with E-state index < -0.39 is 15.9 Å². The SMILES string of the molecule is CNC(=O)c1cccc(NS(=O)(=O)c2ccc(C(=O)Nc3nc(-c4ccccc4)cs3)cc2)c1. The third-order valence-corrected chi connectivity index (χ3v) is 6.98. The molecule has 0 atom stereocenters. The highest BCUT2D eigenvalue weighted by Crippen LogP contribution is 2.25. The quantitative estimate of drug-likeness (QED) is 0.357. The van der Waals surface area contributed by atoms with Crippen LogP contribution in [0.2, 0.25) is 0 Å². The van der Waals surface area contributed by atoms with E-state index >= 15 is 0 Å². The van der Waals surface area contributed by atoms with Gasteiger partial charge in [0.15, 0.2) is 5.13 Å². The fraction of sp³-hybridized carbons (Fsp3) is 0.0417. The molecule has 2 amide bonds. The predicted molar refractivity (Wildman–Crippen MR) is 133 cm³/mol. The van der Waals surface area contributed by atoms with Crippen molar-refractivity contribution in [1.29, 1.82) is 0 Å². The van der Waals surface area contributed by atoms with E-state index in [1.54, 1.807) is 18.2 Å². The number of carbonyl (C=O) groups excluding carboxylic acids is 2. The lowest BCUT2D eigenvalue weighted by Crippen LogP contribution is -2.18. The Bertz CT molecular complexity index is 1430. The van der Waals surface area contributed by atoms with Crippen molar-refractivity contribution in [2.75, 3.05) is 17.1 Å². The van der Waals surface area contributed by atoms with E-state index in [-0.39, 0.29) is 22.1 Å². The molecule has 8 nitrogen and oxygen atoms in total. The number of sulfonamides is 1. The molecule has 3 aromatic carbocycles. The molecular weight excluding hydrogens is 472 g/mol. The number of hydrogen-bond acceptors (Lipinski definition) is 6. The first-order valence-corrected chi connectivity index (χ1v) is 12.5. The van der Waals surface area contributed by atoms with E-state index in [0.29, 0.717) is 10.7 Å². The molecule has 0 saturated heterocycles. The van der Waals surface area contributed by atoms with E-state index in [4.69, 9.17) is 0 Å². The fourth-order valence-electron chi connectivity index (χ4n) is 3.11. The number of anilines is 2. The normalized spacial score (nSPS) is 11.0. The van der Waals surface area contributed by atoms with E-state index in [1.165, 1.54) is 48.7 Å². The minimum atomic E-state index is -3.91. The molecule has 10 heteroatoms. The lowest BCUT2D eigenvalue weighted by atomic mass is 10.2. The van der Waals surface area contributed by atoms with Crippen molar-refractivity contribution >= 4 is 44.0 Å². The summed E-state index contributed by atoms with van der Waals surface area (Å²) >= 11 is 1.30. The highest BCUT2D eigenvalue weighted by atomic mass is 32.2. The lowest BCUT2D eigenvalue weighted by Gasteiger charge is -2.10. The van der Waals surface area contributed by atoms with Crippen LogP contribution in [0, 0.1) is 0 Å². The summed E-state index contributed by atoms with van der Waals surface area (Å²) in [5.41, 5.74) is 2.57. The fourth-order valence-corrected chi connectivity index (χ4v) is 4.87. The van der Waals surface area contributed by atoms with Gasteiger partial charge in [0.05, 0.1) is 10.6 Å². The van der Waals surface area contributed by atoms with Gasteiger partial charge >= 0.3 is 0 Å². The van der Waals surface area contributed by atoms with Gasteiger partial charge in [0.2, 0.25) is 0 Å². The summed E-state index contributed by atoms with van der Waals surface area (Å²) in [5.74, 6) is -0.725. The molecule has 0 fully saturated rings. The molecule has 3 N–H and O–H groups in total. The smallest absolute Gasteiger partial charge is 0.261 e. The molecule has 0 aliphatic rings. The molecule has 4 rings (SSSR count). The zero-order chi connectivity index (χ0) is 24.1. The number of nitrogens with one attached hydrogen (secondary N) is 3. The van der Waals surface area contributed by atoms with Crippen LogP contribution in [0.4, 0.5) is 10.8 Å². The first-order chi connectivity index (χ1) is 16.4. The van der Waals surface area contributed by atoms with Crippen molar-refractivity contribution in [2.24, 2.45) is 0 Å².